The van der Waals surface area contributed by atoms with E-state index in [0.29, 0.717) is 4.60 Å². The van der Waals surface area contributed by atoms with E-state index in [2.05, 4.69) is 70.4 Å². The van der Waals surface area contributed by atoms with Gasteiger partial charge in [-0.3, -0.25) is 4.79 Å². The fourth-order valence-corrected chi connectivity index (χ4v) is 3.25. The molecule has 0 aromatic carbocycles. The molecule has 1 aliphatic carbocycles. The molecule has 4 nitrogen and oxygen atoms in total. The lowest BCUT2D eigenvalue weighted by molar-refractivity contribution is -0.124. The van der Waals surface area contributed by atoms with E-state index in [1.807, 2.05) is 6.92 Å². The highest BCUT2D eigenvalue weighted by Gasteiger charge is 2.23. The van der Waals surface area contributed by atoms with E-state index in [0.717, 1.165) is 21.9 Å². The molecule has 0 bridgehead atoms. The maximum absolute atomic E-state index is 12.1. The Bertz CT molecular complexity index is 490. The second-order valence-corrected chi connectivity index (χ2v) is 6.46. The number of halogens is 3. The van der Waals surface area contributed by atoms with Crippen LogP contribution in [0.25, 0.3) is 0 Å². The van der Waals surface area contributed by atoms with E-state index < -0.39 is 0 Å². The number of amides is 1. The third-order valence-corrected chi connectivity index (χ3v) is 5.99. The first kappa shape index (κ1) is 14.3. The minimum absolute atomic E-state index is 0.0214. The Balaban J connectivity index is 2.07. The van der Waals surface area contributed by atoms with Crippen molar-refractivity contribution in [1.29, 1.82) is 0 Å². The van der Waals surface area contributed by atoms with E-state index in [4.69, 9.17) is 0 Å². The van der Waals surface area contributed by atoms with Crippen molar-refractivity contribution in [1.82, 2.24) is 15.1 Å². The van der Waals surface area contributed by atoms with E-state index in [1.54, 1.807) is 4.68 Å². The molecule has 1 aromatic rings. The molecule has 18 heavy (non-hydrogen) atoms. The summed E-state index contributed by atoms with van der Waals surface area (Å²) in [4.78, 5) is 12.1. The smallest absolute Gasteiger partial charge is 0.244 e. The first-order valence-corrected chi connectivity index (χ1v) is 7.93. The number of rotatable bonds is 3. The SMILES string of the molecule is CC(C(=O)NC1CC=CC1)n1nc(Br)c(Br)c1Br. The molecule has 0 saturated carbocycles. The molecule has 1 atom stereocenters. The van der Waals surface area contributed by atoms with Crippen LogP contribution in [0.5, 0.6) is 0 Å². The van der Waals surface area contributed by atoms with Gasteiger partial charge < -0.3 is 5.32 Å². The number of nitrogens with one attached hydrogen (secondary N) is 1. The Morgan fingerprint density at radius 2 is 2.06 bits per heavy atom. The van der Waals surface area contributed by atoms with Gasteiger partial charge >= 0.3 is 0 Å². The first-order valence-electron chi connectivity index (χ1n) is 5.55. The summed E-state index contributed by atoms with van der Waals surface area (Å²) in [5, 5.41) is 7.29. The topological polar surface area (TPSA) is 46.9 Å². The lowest BCUT2D eigenvalue weighted by Gasteiger charge is -2.17. The third kappa shape index (κ3) is 2.88. The number of hydrogen-bond donors (Lipinski definition) is 1. The van der Waals surface area contributed by atoms with Gasteiger partial charge in [-0.15, -0.1) is 0 Å². The molecule has 0 fully saturated rings. The number of nitrogens with zero attached hydrogens (tertiary/aromatic N) is 2. The molecule has 1 heterocycles. The van der Waals surface area contributed by atoms with Crippen LogP contribution in [-0.2, 0) is 4.79 Å². The monoisotopic (exact) mass is 439 g/mol. The lowest BCUT2D eigenvalue weighted by atomic mass is 10.2. The highest BCUT2D eigenvalue weighted by Crippen LogP contribution is 2.32. The van der Waals surface area contributed by atoms with E-state index in [1.165, 1.54) is 0 Å². The summed E-state index contributed by atoms with van der Waals surface area (Å²) in [6.45, 7) is 1.83. The van der Waals surface area contributed by atoms with Gasteiger partial charge in [0.25, 0.3) is 0 Å². The molecule has 98 valence electrons. The predicted octanol–water partition coefficient (Wildman–Crippen LogP) is 3.57. The average molecular weight is 442 g/mol. The summed E-state index contributed by atoms with van der Waals surface area (Å²) in [6.07, 6.45) is 6.00. The van der Waals surface area contributed by atoms with Gasteiger partial charge in [-0.2, -0.15) is 5.10 Å². The molecule has 2 rings (SSSR count). The van der Waals surface area contributed by atoms with Crippen LogP contribution in [-0.4, -0.2) is 21.7 Å². The van der Waals surface area contributed by atoms with Crippen LogP contribution in [0, 0.1) is 0 Å². The summed E-state index contributed by atoms with van der Waals surface area (Å²) in [7, 11) is 0. The zero-order valence-corrected chi connectivity index (χ0v) is 14.4. The highest BCUT2D eigenvalue weighted by molar-refractivity contribution is 9.14. The molecule has 1 unspecified atom stereocenters. The summed E-state index contributed by atoms with van der Waals surface area (Å²) in [5.74, 6) is -0.0214. The van der Waals surface area contributed by atoms with Gasteiger partial charge in [0.1, 0.15) is 15.2 Å². The van der Waals surface area contributed by atoms with Crippen molar-refractivity contribution in [2.75, 3.05) is 0 Å². The van der Waals surface area contributed by atoms with Gasteiger partial charge in [-0.05, 0) is 67.6 Å². The summed E-state index contributed by atoms with van der Waals surface area (Å²) < 4.78 is 3.88. The van der Waals surface area contributed by atoms with Crippen LogP contribution >= 0.6 is 47.8 Å². The van der Waals surface area contributed by atoms with Crippen molar-refractivity contribution >= 4 is 53.7 Å². The van der Waals surface area contributed by atoms with Crippen molar-refractivity contribution in [2.24, 2.45) is 0 Å². The molecule has 0 aliphatic heterocycles. The molecule has 0 saturated heterocycles. The number of hydrogen-bond acceptors (Lipinski definition) is 2. The molecule has 0 spiro atoms. The van der Waals surface area contributed by atoms with Crippen LogP contribution in [0.4, 0.5) is 0 Å². The van der Waals surface area contributed by atoms with Crippen LogP contribution in [0.2, 0.25) is 0 Å². The van der Waals surface area contributed by atoms with E-state index in [-0.39, 0.29) is 18.0 Å². The normalized spacial score (nSPS) is 17.1. The number of carbonyl (C=O) groups is 1. The fraction of sp³-hybridized carbons (Fsp3) is 0.455. The quantitative estimate of drug-likeness (QED) is 0.729. The molecule has 1 N–H and O–H groups in total. The number of carbonyl (C=O) groups excluding carboxylic acids is 1. The minimum Gasteiger partial charge on any atom is -0.351 e. The van der Waals surface area contributed by atoms with Gasteiger partial charge in [0, 0.05) is 6.04 Å². The van der Waals surface area contributed by atoms with Crippen LogP contribution < -0.4 is 5.32 Å². The van der Waals surface area contributed by atoms with E-state index in [9.17, 15) is 4.79 Å². The lowest BCUT2D eigenvalue weighted by Crippen LogP contribution is -2.37. The zero-order valence-electron chi connectivity index (χ0n) is 9.66. The van der Waals surface area contributed by atoms with Crippen molar-refractivity contribution < 1.29 is 4.79 Å². The Hall–Kier alpha value is -0.140. The van der Waals surface area contributed by atoms with Crippen molar-refractivity contribution in [2.45, 2.75) is 31.8 Å². The Labute approximate surface area is 131 Å². The Kier molecular flexibility index (Phi) is 4.66. The minimum atomic E-state index is -0.359. The molecular formula is C11H12Br3N3O. The van der Waals surface area contributed by atoms with Gasteiger partial charge in [0.15, 0.2) is 0 Å². The van der Waals surface area contributed by atoms with Crippen LogP contribution in [0.15, 0.2) is 25.8 Å². The zero-order chi connectivity index (χ0) is 13.3. The molecule has 1 aromatic heterocycles. The van der Waals surface area contributed by atoms with Crippen LogP contribution in [0.1, 0.15) is 25.8 Å². The average Bonchev–Trinajstić information content (AvgIpc) is 2.93. The van der Waals surface area contributed by atoms with Crippen molar-refractivity contribution in [3.8, 4) is 0 Å². The summed E-state index contributed by atoms with van der Waals surface area (Å²) in [6, 6.07) is -0.135. The second-order valence-electron chi connectivity index (χ2n) is 4.16. The molecule has 1 aliphatic rings. The van der Waals surface area contributed by atoms with Crippen molar-refractivity contribution in [3.05, 3.63) is 25.8 Å². The largest absolute Gasteiger partial charge is 0.351 e. The number of aromatic nitrogens is 2. The first-order chi connectivity index (χ1) is 8.50. The van der Waals surface area contributed by atoms with Gasteiger partial charge in [0.2, 0.25) is 5.91 Å². The molecular weight excluding hydrogens is 430 g/mol. The summed E-state index contributed by atoms with van der Waals surface area (Å²) >= 11 is 10.1. The molecule has 0 radical (unpaired) electrons. The van der Waals surface area contributed by atoms with Crippen LogP contribution in [0.3, 0.4) is 0 Å². The van der Waals surface area contributed by atoms with Gasteiger partial charge in [-0.25, -0.2) is 4.68 Å². The maximum atomic E-state index is 12.1. The van der Waals surface area contributed by atoms with Gasteiger partial charge in [-0.1, -0.05) is 12.2 Å². The highest BCUT2D eigenvalue weighted by atomic mass is 79.9. The second kappa shape index (κ2) is 5.88. The Morgan fingerprint density at radius 1 is 1.44 bits per heavy atom. The fourth-order valence-electron chi connectivity index (χ4n) is 1.79. The third-order valence-electron chi connectivity index (χ3n) is 2.86. The standard InChI is InChI=1S/C11H12Br3N3O/c1-6(11(18)15-7-4-2-3-5-7)17-10(14)8(12)9(13)16-17/h2-3,6-7H,4-5H2,1H3,(H,15,18). The predicted molar refractivity (Wildman–Crippen MR) is 80.3 cm³/mol. The molecule has 7 heteroatoms. The summed E-state index contributed by atoms with van der Waals surface area (Å²) in [5.41, 5.74) is 0. The maximum Gasteiger partial charge on any atom is 0.244 e. The van der Waals surface area contributed by atoms with E-state index >= 15 is 0 Å². The Morgan fingerprint density at radius 3 is 2.56 bits per heavy atom. The van der Waals surface area contributed by atoms with Crippen molar-refractivity contribution in [3.63, 3.8) is 0 Å². The molecule has 1 amide bonds. The van der Waals surface area contributed by atoms with Gasteiger partial charge in [0.05, 0.1) is 4.47 Å².